The molecule has 1 atom stereocenters. The van der Waals surface area contributed by atoms with Crippen molar-refractivity contribution in [3.05, 3.63) is 18.2 Å². The van der Waals surface area contributed by atoms with Crippen LogP contribution in [0.1, 0.15) is 6.42 Å². The Morgan fingerprint density at radius 3 is 2.43 bits per heavy atom. The molecule has 1 fully saturated rings. The van der Waals surface area contributed by atoms with E-state index in [-0.39, 0.29) is 4.90 Å². The van der Waals surface area contributed by atoms with Crippen LogP contribution in [-0.2, 0) is 10.0 Å². The second-order valence-electron chi connectivity index (χ2n) is 5.07. The molecular formula is C14H22N2O4S. The van der Waals surface area contributed by atoms with Crippen molar-refractivity contribution in [3.63, 3.8) is 0 Å². The number of nitrogens with zero attached hydrogens (tertiary/aromatic N) is 1. The molecule has 21 heavy (non-hydrogen) atoms. The van der Waals surface area contributed by atoms with Gasteiger partial charge < -0.3 is 14.8 Å². The maximum absolute atomic E-state index is 12.9. The second kappa shape index (κ2) is 6.64. The number of sulfonamides is 1. The fourth-order valence-electron chi connectivity index (χ4n) is 2.67. The number of hydrogen-bond acceptors (Lipinski definition) is 5. The van der Waals surface area contributed by atoms with Crippen LogP contribution in [0.15, 0.2) is 23.1 Å². The fourth-order valence-corrected chi connectivity index (χ4v) is 4.49. The van der Waals surface area contributed by atoms with Crippen LogP contribution in [0, 0.1) is 5.92 Å². The van der Waals surface area contributed by atoms with Gasteiger partial charge in [0.2, 0.25) is 10.0 Å². The zero-order valence-electron chi connectivity index (χ0n) is 12.6. The number of rotatable bonds is 6. The molecule has 1 aromatic carbocycles. The lowest BCUT2D eigenvalue weighted by Gasteiger charge is -2.20. The molecule has 1 heterocycles. The van der Waals surface area contributed by atoms with E-state index in [0.717, 1.165) is 13.0 Å². The Labute approximate surface area is 126 Å². The molecule has 2 rings (SSSR count). The molecule has 0 aromatic heterocycles. The predicted octanol–water partition coefficient (Wildman–Crippen LogP) is 0.934. The molecule has 1 saturated heterocycles. The van der Waals surface area contributed by atoms with E-state index in [4.69, 9.17) is 9.47 Å². The van der Waals surface area contributed by atoms with Crippen molar-refractivity contribution in [1.29, 1.82) is 0 Å². The molecule has 0 amide bonds. The third-order valence-corrected chi connectivity index (χ3v) is 5.65. The van der Waals surface area contributed by atoms with Gasteiger partial charge in [-0.05, 0) is 38.1 Å². The topological polar surface area (TPSA) is 67.9 Å². The Balaban J connectivity index is 2.36. The van der Waals surface area contributed by atoms with E-state index in [1.165, 1.54) is 18.5 Å². The van der Waals surface area contributed by atoms with Crippen molar-refractivity contribution >= 4 is 10.0 Å². The van der Waals surface area contributed by atoms with Gasteiger partial charge in [-0.1, -0.05) is 6.07 Å². The summed E-state index contributed by atoms with van der Waals surface area (Å²) >= 11 is 0. The van der Waals surface area contributed by atoms with Gasteiger partial charge in [0, 0.05) is 13.1 Å². The molecule has 0 aliphatic carbocycles. The minimum absolute atomic E-state index is 0.111. The molecule has 1 aliphatic heterocycles. The van der Waals surface area contributed by atoms with Gasteiger partial charge in [0.15, 0.2) is 4.90 Å². The van der Waals surface area contributed by atoms with Gasteiger partial charge in [0.25, 0.3) is 0 Å². The number of methoxy groups -OCH3 is 2. The maximum atomic E-state index is 12.9. The van der Waals surface area contributed by atoms with E-state index in [1.807, 2.05) is 7.05 Å². The van der Waals surface area contributed by atoms with Crippen LogP contribution in [0.25, 0.3) is 0 Å². The smallest absolute Gasteiger partial charge is 0.250 e. The lowest BCUT2D eigenvalue weighted by Crippen LogP contribution is -2.31. The number of hydrogen-bond donors (Lipinski definition) is 1. The number of benzene rings is 1. The lowest BCUT2D eigenvalue weighted by molar-refractivity contribution is 0.367. The third-order valence-electron chi connectivity index (χ3n) is 3.72. The quantitative estimate of drug-likeness (QED) is 0.846. The average Bonchev–Trinajstić information content (AvgIpc) is 2.96. The van der Waals surface area contributed by atoms with E-state index in [2.05, 4.69) is 5.32 Å². The standard InChI is InChI=1S/C14H22N2O4S/c1-15-9-11-7-8-16(10-11)21(17,18)14-12(19-2)5-4-6-13(14)20-3/h4-6,11,15H,7-10H2,1-3H3. The van der Waals surface area contributed by atoms with Crippen molar-refractivity contribution in [2.24, 2.45) is 5.92 Å². The molecule has 1 aromatic rings. The maximum Gasteiger partial charge on any atom is 0.250 e. The SMILES string of the molecule is CNCC1CCN(S(=O)(=O)c2c(OC)cccc2OC)C1. The number of ether oxygens (including phenoxy) is 2. The summed E-state index contributed by atoms with van der Waals surface area (Å²) < 4.78 is 37.7. The summed E-state index contributed by atoms with van der Waals surface area (Å²) in [6, 6.07) is 4.98. The van der Waals surface area contributed by atoms with Gasteiger partial charge in [-0.3, -0.25) is 0 Å². The van der Waals surface area contributed by atoms with Gasteiger partial charge in [0.1, 0.15) is 11.5 Å². The molecule has 7 heteroatoms. The lowest BCUT2D eigenvalue weighted by atomic mass is 10.1. The first-order valence-electron chi connectivity index (χ1n) is 6.90. The van der Waals surface area contributed by atoms with Gasteiger partial charge in [-0.2, -0.15) is 4.31 Å². The Kier molecular flexibility index (Phi) is 5.08. The molecule has 0 spiro atoms. The first-order valence-corrected chi connectivity index (χ1v) is 8.34. The zero-order chi connectivity index (χ0) is 15.5. The summed E-state index contributed by atoms with van der Waals surface area (Å²) in [6.45, 7) is 1.86. The van der Waals surface area contributed by atoms with E-state index in [9.17, 15) is 8.42 Å². The Hall–Kier alpha value is -1.31. The van der Waals surface area contributed by atoms with Crippen molar-refractivity contribution in [2.75, 3.05) is 40.9 Å². The Bertz CT molecular complexity index is 566. The van der Waals surface area contributed by atoms with Gasteiger partial charge in [0.05, 0.1) is 14.2 Å². The summed E-state index contributed by atoms with van der Waals surface area (Å²) in [4.78, 5) is 0.111. The summed E-state index contributed by atoms with van der Waals surface area (Å²) in [5.74, 6) is 0.961. The molecule has 0 bridgehead atoms. The molecule has 0 saturated carbocycles. The molecule has 0 radical (unpaired) electrons. The highest BCUT2D eigenvalue weighted by Gasteiger charge is 2.36. The summed E-state index contributed by atoms with van der Waals surface area (Å²) in [6.07, 6.45) is 0.859. The molecule has 6 nitrogen and oxygen atoms in total. The molecular weight excluding hydrogens is 292 g/mol. The number of nitrogens with one attached hydrogen (secondary N) is 1. The summed E-state index contributed by atoms with van der Waals surface area (Å²) in [7, 11) is 1.18. The first-order chi connectivity index (χ1) is 10.0. The van der Waals surface area contributed by atoms with Crippen LogP contribution in [-0.4, -0.2) is 53.6 Å². The normalized spacial score (nSPS) is 19.7. The van der Waals surface area contributed by atoms with Crippen LogP contribution in [0.3, 0.4) is 0 Å². The van der Waals surface area contributed by atoms with Gasteiger partial charge in [-0.15, -0.1) is 0 Å². The van der Waals surface area contributed by atoms with Crippen LogP contribution in [0.2, 0.25) is 0 Å². The monoisotopic (exact) mass is 314 g/mol. The minimum Gasteiger partial charge on any atom is -0.495 e. The van der Waals surface area contributed by atoms with Crippen LogP contribution in [0.5, 0.6) is 11.5 Å². The zero-order valence-corrected chi connectivity index (χ0v) is 13.4. The van der Waals surface area contributed by atoms with E-state index < -0.39 is 10.0 Å². The molecule has 1 unspecified atom stereocenters. The highest BCUT2D eigenvalue weighted by Crippen LogP contribution is 2.36. The Morgan fingerprint density at radius 1 is 1.29 bits per heavy atom. The largest absolute Gasteiger partial charge is 0.495 e. The highest BCUT2D eigenvalue weighted by atomic mass is 32.2. The van der Waals surface area contributed by atoms with E-state index >= 15 is 0 Å². The van der Waals surface area contributed by atoms with Crippen LogP contribution < -0.4 is 14.8 Å². The predicted molar refractivity (Wildman–Crippen MR) is 80.3 cm³/mol. The summed E-state index contributed by atoms with van der Waals surface area (Å²) in [5.41, 5.74) is 0. The van der Waals surface area contributed by atoms with Crippen LogP contribution in [0.4, 0.5) is 0 Å². The van der Waals surface area contributed by atoms with Crippen molar-refractivity contribution in [1.82, 2.24) is 9.62 Å². The third kappa shape index (κ3) is 3.14. The van der Waals surface area contributed by atoms with Crippen molar-refractivity contribution < 1.29 is 17.9 Å². The second-order valence-corrected chi connectivity index (χ2v) is 6.94. The van der Waals surface area contributed by atoms with Crippen molar-refractivity contribution in [2.45, 2.75) is 11.3 Å². The first kappa shape index (κ1) is 16.1. The van der Waals surface area contributed by atoms with Crippen molar-refractivity contribution in [3.8, 4) is 11.5 Å². The molecule has 1 N–H and O–H groups in total. The minimum atomic E-state index is -3.62. The van der Waals surface area contributed by atoms with Gasteiger partial charge in [-0.25, -0.2) is 8.42 Å². The molecule has 1 aliphatic rings. The van der Waals surface area contributed by atoms with Gasteiger partial charge >= 0.3 is 0 Å². The highest BCUT2D eigenvalue weighted by molar-refractivity contribution is 7.89. The molecule has 118 valence electrons. The fraction of sp³-hybridized carbons (Fsp3) is 0.571. The van der Waals surface area contributed by atoms with Crippen LogP contribution >= 0.6 is 0 Å². The van der Waals surface area contributed by atoms with E-state index in [1.54, 1.807) is 18.2 Å². The summed E-state index contributed by atoms with van der Waals surface area (Å²) in [5, 5.41) is 3.10. The average molecular weight is 314 g/mol. The Morgan fingerprint density at radius 2 is 1.90 bits per heavy atom. The van der Waals surface area contributed by atoms with E-state index in [0.29, 0.717) is 30.5 Å².